The first-order chi connectivity index (χ1) is 15.1. The van der Waals surface area contributed by atoms with Crippen LogP contribution in [0.15, 0.2) is 70.4 Å². The highest BCUT2D eigenvalue weighted by Crippen LogP contribution is 2.50. The minimum Gasteiger partial charge on any atom is -0.858 e. The molecule has 2 aliphatic rings. The predicted molar refractivity (Wildman–Crippen MR) is 118 cm³/mol. The Morgan fingerprint density at radius 1 is 0.871 bits per heavy atom. The molecule has 0 N–H and O–H groups in total. The maximum Gasteiger partial charge on any atom is 0.346 e. The van der Waals surface area contributed by atoms with Crippen LogP contribution in [0.4, 0.5) is 0 Å². The molecule has 0 radical (unpaired) electrons. The van der Waals surface area contributed by atoms with Crippen molar-refractivity contribution in [3.05, 3.63) is 81.5 Å². The van der Waals surface area contributed by atoms with Gasteiger partial charge < -0.3 is 9.84 Å². The lowest BCUT2D eigenvalue weighted by atomic mass is 9.97. The van der Waals surface area contributed by atoms with Gasteiger partial charge in [-0.15, -0.1) is 0 Å². The fraction of sp³-hybridized carbons (Fsp3) is 0.250. The van der Waals surface area contributed by atoms with Gasteiger partial charge in [0, 0.05) is 5.88 Å². The number of ether oxygens (including phenoxy) is 1. The van der Waals surface area contributed by atoms with Crippen molar-refractivity contribution < 1.29 is 14.6 Å². The van der Waals surface area contributed by atoms with Gasteiger partial charge in [-0.2, -0.15) is 0 Å². The van der Waals surface area contributed by atoms with E-state index >= 15 is 0 Å². The third-order valence-corrected chi connectivity index (χ3v) is 7.08. The zero-order valence-corrected chi connectivity index (χ0v) is 17.6. The molecule has 5 rings (SSSR count). The van der Waals surface area contributed by atoms with Crippen LogP contribution in [-0.2, 0) is 9.53 Å². The summed E-state index contributed by atoms with van der Waals surface area (Å²) in [6.45, 7) is 0. The second-order valence-corrected chi connectivity index (χ2v) is 9.18. The third-order valence-electron chi connectivity index (χ3n) is 5.71. The highest BCUT2D eigenvalue weighted by molar-refractivity contribution is 8.05. The molecule has 158 valence electrons. The van der Waals surface area contributed by atoms with Gasteiger partial charge in [0.05, 0.1) is 21.8 Å². The molecule has 1 saturated heterocycles. The Morgan fingerprint density at radius 3 is 2.06 bits per heavy atom. The molecule has 2 heterocycles. The molecule has 1 aliphatic heterocycles. The number of thioether (sulfide) groups is 1. The number of benzene rings is 2. The average molecular weight is 434 g/mol. The Balaban J connectivity index is 1.65. The Morgan fingerprint density at radius 2 is 1.45 bits per heavy atom. The van der Waals surface area contributed by atoms with E-state index in [1.54, 1.807) is 24.3 Å². The fourth-order valence-corrected chi connectivity index (χ4v) is 5.54. The van der Waals surface area contributed by atoms with E-state index in [-0.39, 0.29) is 5.56 Å². The van der Waals surface area contributed by atoms with E-state index in [2.05, 4.69) is 0 Å². The summed E-state index contributed by atoms with van der Waals surface area (Å²) in [5.74, 6) is -0.921. The molecule has 7 heteroatoms. The van der Waals surface area contributed by atoms with Crippen molar-refractivity contribution in [1.29, 1.82) is 0 Å². The van der Waals surface area contributed by atoms with Crippen molar-refractivity contribution in [2.75, 3.05) is 0 Å². The Bertz CT molecular complexity index is 1210. The number of hydrogen-bond acceptors (Lipinski definition) is 5. The Kier molecular flexibility index (Phi) is 4.98. The molecule has 31 heavy (non-hydrogen) atoms. The van der Waals surface area contributed by atoms with Crippen LogP contribution < -0.4 is 10.7 Å². The molecule has 1 aliphatic carbocycles. The molecule has 1 spiro atoms. The molecular weight excluding hydrogens is 412 g/mol. The van der Waals surface area contributed by atoms with E-state index in [0.29, 0.717) is 16.3 Å². The van der Waals surface area contributed by atoms with Crippen LogP contribution in [0.2, 0.25) is 0 Å². The van der Waals surface area contributed by atoms with Crippen molar-refractivity contribution in [2.24, 2.45) is 0 Å². The number of carbonyl (C=O) groups excluding carboxylic acids is 1. The summed E-state index contributed by atoms with van der Waals surface area (Å²) in [5, 5.41) is 13.4. The number of rotatable bonds is 3. The van der Waals surface area contributed by atoms with Crippen LogP contribution in [0, 0.1) is 0 Å². The molecule has 1 saturated carbocycles. The van der Waals surface area contributed by atoms with Crippen molar-refractivity contribution >= 4 is 23.8 Å². The maximum absolute atomic E-state index is 13.4. The van der Waals surface area contributed by atoms with Crippen LogP contribution in [-0.4, -0.2) is 20.3 Å². The van der Waals surface area contributed by atoms with Gasteiger partial charge in [-0.3, -0.25) is 9.48 Å². The summed E-state index contributed by atoms with van der Waals surface area (Å²) in [5.41, 5.74) is 0.637. The van der Waals surface area contributed by atoms with E-state index < -0.39 is 22.3 Å². The van der Waals surface area contributed by atoms with Gasteiger partial charge in [0.1, 0.15) is 0 Å². The molecule has 6 nitrogen and oxygen atoms in total. The first kappa shape index (κ1) is 19.8. The molecule has 0 unspecified atom stereocenters. The van der Waals surface area contributed by atoms with Crippen LogP contribution >= 0.6 is 11.8 Å². The first-order valence-corrected chi connectivity index (χ1v) is 11.2. The van der Waals surface area contributed by atoms with Crippen molar-refractivity contribution in [3.8, 4) is 17.3 Å². The second kappa shape index (κ2) is 7.81. The molecule has 2 fully saturated rings. The molecule has 3 aromatic rings. The number of esters is 1. The van der Waals surface area contributed by atoms with Crippen molar-refractivity contribution in [2.45, 2.75) is 37.0 Å². The van der Waals surface area contributed by atoms with Gasteiger partial charge in [0.25, 0.3) is 5.56 Å². The van der Waals surface area contributed by atoms with Gasteiger partial charge in [0.15, 0.2) is 4.93 Å². The summed E-state index contributed by atoms with van der Waals surface area (Å²) in [6.07, 6.45) is 6.15. The van der Waals surface area contributed by atoms with Crippen LogP contribution in [0.25, 0.3) is 17.5 Å². The number of hydrogen-bond donors (Lipinski definition) is 0. The van der Waals surface area contributed by atoms with Crippen molar-refractivity contribution in [3.63, 3.8) is 0 Å². The molecule has 2 aromatic carbocycles. The smallest absolute Gasteiger partial charge is 0.346 e. The van der Waals surface area contributed by atoms with E-state index in [0.717, 1.165) is 32.1 Å². The monoisotopic (exact) mass is 433 g/mol. The van der Waals surface area contributed by atoms with E-state index in [1.807, 2.05) is 36.4 Å². The van der Waals surface area contributed by atoms with Crippen molar-refractivity contribution in [1.82, 2.24) is 9.36 Å². The molecule has 1 aromatic heterocycles. The standard InChI is InChI=1S/C24H22N2O4S/c27-21-19(16-20-23(29)30-24(31-20)14-8-3-9-15-24)22(28)26(18-12-6-2-7-13-18)25(21)17-10-4-1-5-11-17/h1-2,4-7,10-13,16,27H,3,8-9,14-15H2/p-1. The predicted octanol–water partition coefficient (Wildman–Crippen LogP) is 3.99. The highest BCUT2D eigenvalue weighted by atomic mass is 32.2. The SMILES string of the molecule is O=C1OC2(CCCCC2)SC1=Cc1c([O-])n(-c2ccccc2)n(-c2ccccc2)c1=O. The molecular formula is C24H21N2O4S-. The molecule has 0 bridgehead atoms. The summed E-state index contributed by atoms with van der Waals surface area (Å²) < 4.78 is 8.40. The average Bonchev–Trinajstić information content (AvgIpc) is 3.23. The summed E-state index contributed by atoms with van der Waals surface area (Å²) in [4.78, 5) is 25.7. The Hall–Kier alpha value is -3.19. The van der Waals surface area contributed by atoms with Gasteiger partial charge in [0.2, 0.25) is 0 Å². The quantitative estimate of drug-likeness (QED) is 0.461. The fourth-order valence-electron chi connectivity index (χ4n) is 4.22. The maximum atomic E-state index is 13.4. The Labute approximate surface area is 183 Å². The van der Waals surface area contributed by atoms with Crippen LogP contribution in [0.5, 0.6) is 5.88 Å². The van der Waals surface area contributed by atoms with Crippen LogP contribution in [0.3, 0.4) is 0 Å². The van der Waals surface area contributed by atoms with Gasteiger partial charge in [-0.25, -0.2) is 9.48 Å². The first-order valence-electron chi connectivity index (χ1n) is 10.4. The van der Waals surface area contributed by atoms with Crippen LogP contribution in [0.1, 0.15) is 37.7 Å². The lowest BCUT2D eigenvalue weighted by Crippen LogP contribution is -2.27. The number of carbonyl (C=O) groups is 1. The lowest BCUT2D eigenvalue weighted by molar-refractivity contribution is -0.278. The lowest BCUT2D eigenvalue weighted by Gasteiger charge is -2.29. The summed E-state index contributed by atoms with van der Waals surface area (Å²) in [6, 6.07) is 18.0. The number of aromatic nitrogens is 2. The largest absolute Gasteiger partial charge is 0.858 e. The topological polar surface area (TPSA) is 76.3 Å². The third kappa shape index (κ3) is 3.49. The van der Waals surface area contributed by atoms with E-state index in [9.17, 15) is 14.7 Å². The summed E-state index contributed by atoms with van der Waals surface area (Å²) >= 11 is 1.35. The zero-order chi connectivity index (χ0) is 21.4. The van der Waals surface area contributed by atoms with E-state index in [4.69, 9.17) is 4.74 Å². The van der Waals surface area contributed by atoms with Gasteiger partial charge in [-0.1, -0.05) is 54.6 Å². The highest BCUT2D eigenvalue weighted by Gasteiger charge is 2.45. The normalized spacial score (nSPS) is 19.1. The minimum absolute atomic E-state index is 0.0417. The van der Waals surface area contributed by atoms with Gasteiger partial charge >= 0.3 is 5.97 Å². The second-order valence-electron chi connectivity index (χ2n) is 7.79. The molecule has 0 atom stereocenters. The minimum atomic E-state index is -0.551. The number of nitrogens with zero attached hydrogens (tertiary/aromatic N) is 2. The number of para-hydroxylation sites is 2. The summed E-state index contributed by atoms with van der Waals surface area (Å²) in [7, 11) is 0. The van der Waals surface area contributed by atoms with Gasteiger partial charge in [-0.05, 0) is 56.0 Å². The molecule has 0 amide bonds. The van der Waals surface area contributed by atoms with E-state index in [1.165, 1.54) is 27.2 Å². The zero-order valence-electron chi connectivity index (χ0n) is 16.8.